The van der Waals surface area contributed by atoms with Gasteiger partial charge in [-0.2, -0.15) is 0 Å². The van der Waals surface area contributed by atoms with Gasteiger partial charge in [0.25, 0.3) is 0 Å². The largest absolute Gasteiger partial charge is 0.360 e. The second kappa shape index (κ2) is 1.48. The molecule has 2 unspecified atom stereocenters. The summed E-state index contributed by atoms with van der Waals surface area (Å²) in [5, 5.41) is 9.19. The van der Waals surface area contributed by atoms with Crippen molar-refractivity contribution in [1.82, 2.24) is 0 Å². The van der Waals surface area contributed by atoms with Crippen LogP contribution < -0.4 is 0 Å². The lowest BCUT2D eigenvalue weighted by molar-refractivity contribution is 0.0825. The molecule has 2 nitrogen and oxygen atoms in total. The van der Waals surface area contributed by atoms with Gasteiger partial charge in [0.1, 0.15) is 6.10 Å². The number of ether oxygens (including phenoxy) is 1. The Hall–Kier alpha value is -0.120. The number of allylic oxidation sites excluding steroid dienone is 2. The number of hydrogen-bond donors (Lipinski definition) is 1. The Morgan fingerprint density at radius 1 is 1.78 bits per heavy atom. The van der Waals surface area contributed by atoms with E-state index in [1.165, 1.54) is 0 Å². The molecule has 1 saturated heterocycles. The monoisotopic (exact) mass is 188 g/mol. The third-order valence-corrected chi connectivity index (χ3v) is 1.99. The molecule has 0 bridgehead atoms. The number of aliphatic hydroxyl groups is 1. The first-order valence-corrected chi connectivity index (χ1v) is 3.47. The summed E-state index contributed by atoms with van der Waals surface area (Å²) in [4.78, 5) is 0. The van der Waals surface area contributed by atoms with Gasteiger partial charge in [-0.3, -0.25) is 0 Å². The summed E-state index contributed by atoms with van der Waals surface area (Å²) < 4.78 is 5.87. The Balaban J connectivity index is 2.31. The lowest BCUT2D eigenvalue weighted by Gasteiger charge is -1.99. The van der Waals surface area contributed by atoms with E-state index in [0.29, 0.717) is 0 Å². The molecule has 0 spiro atoms. The number of fused-ring (bicyclic) bond motifs is 1. The molecule has 1 heterocycles. The number of epoxide rings is 1. The summed E-state index contributed by atoms with van der Waals surface area (Å²) in [5.41, 5.74) is 0. The first kappa shape index (κ1) is 5.65. The fourth-order valence-electron chi connectivity index (χ4n) is 0.856. The van der Waals surface area contributed by atoms with Gasteiger partial charge in [-0.1, -0.05) is 15.9 Å². The highest BCUT2D eigenvalue weighted by Gasteiger charge is 2.53. The summed E-state index contributed by atoms with van der Waals surface area (Å²) >= 11 is 3.26. The molecule has 1 fully saturated rings. The van der Waals surface area contributed by atoms with Crippen molar-refractivity contribution in [2.75, 3.05) is 0 Å². The Morgan fingerprint density at radius 3 is 3.11 bits per heavy atom. The molecular formula is C6H5BrO2. The van der Waals surface area contributed by atoms with Crippen LogP contribution in [0.1, 0.15) is 0 Å². The maximum absolute atomic E-state index is 9.19. The zero-order chi connectivity index (χ0) is 6.48. The van der Waals surface area contributed by atoms with Crippen molar-refractivity contribution >= 4 is 15.9 Å². The molecule has 2 rings (SSSR count). The molecule has 0 saturated carbocycles. The van der Waals surface area contributed by atoms with Crippen LogP contribution in [0, 0.1) is 0 Å². The number of rotatable bonds is 0. The van der Waals surface area contributed by atoms with E-state index < -0.39 is 5.79 Å². The van der Waals surface area contributed by atoms with E-state index in [4.69, 9.17) is 4.74 Å². The van der Waals surface area contributed by atoms with Crippen LogP contribution in [0.3, 0.4) is 0 Å². The van der Waals surface area contributed by atoms with Crippen LogP contribution in [-0.2, 0) is 4.74 Å². The Morgan fingerprint density at radius 2 is 2.56 bits per heavy atom. The summed E-state index contributed by atoms with van der Waals surface area (Å²) in [7, 11) is 0. The molecule has 0 aromatic rings. The molecule has 1 N–H and O–H groups in total. The second-order valence-electron chi connectivity index (χ2n) is 2.18. The zero-order valence-electron chi connectivity index (χ0n) is 4.54. The van der Waals surface area contributed by atoms with Crippen LogP contribution in [0.4, 0.5) is 0 Å². The Bertz CT molecular complexity index is 209. The lowest BCUT2D eigenvalue weighted by atomic mass is 10.1. The smallest absolute Gasteiger partial charge is 0.217 e. The minimum absolute atomic E-state index is 0.114. The summed E-state index contributed by atoms with van der Waals surface area (Å²) in [6, 6.07) is 0. The van der Waals surface area contributed by atoms with E-state index in [2.05, 4.69) is 15.9 Å². The average molecular weight is 189 g/mol. The van der Waals surface area contributed by atoms with E-state index in [9.17, 15) is 5.11 Å². The quantitative estimate of drug-likeness (QED) is 0.574. The Kier molecular flexibility index (Phi) is 0.928. The standard InChI is InChI=1S/C6H5BrO2/c7-4-1-2-6(8)5(3-4)9-6/h1-3,5,8H. The topological polar surface area (TPSA) is 32.8 Å². The minimum atomic E-state index is -0.961. The van der Waals surface area contributed by atoms with Crippen LogP contribution in [0.5, 0.6) is 0 Å². The predicted octanol–water partition coefficient (Wildman–Crippen LogP) is 0.922. The van der Waals surface area contributed by atoms with E-state index in [1.807, 2.05) is 6.08 Å². The highest BCUT2D eigenvalue weighted by molar-refractivity contribution is 9.11. The first-order chi connectivity index (χ1) is 4.21. The van der Waals surface area contributed by atoms with E-state index in [-0.39, 0.29) is 6.10 Å². The molecule has 48 valence electrons. The van der Waals surface area contributed by atoms with Gasteiger partial charge >= 0.3 is 0 Å². The van der Waals surface area contributed by atoms with Crippen LogP contribution in [0.25, 0.3) is 0 Å². The van der Waals surface area contributed by atoms with Gasteiger partial charge in [-0.25, -0.2) is 0 Å². The van der Waals surface area contributed by atoms with Gasteiger partial charge in [0, 0.05) is 4.48 Å². The molecular weight excluding hydrogens is 184 g/mol. The van der Waals surface area contributed by atoms with Crippen molar-refractivity contribution in [1.29, 1.82) is 0 Å². The van der Waals surface area contributed by atoms with Crippen LogP contribution in [0.2, 0.25) is 0 Å². The normalized spacial score (nSPS) is 46.0. The molecule has 1 aliphatic heterocycles. The number of hydrogen-bond acceptors (Lipinski definition) is 2. The lowest BCUT2D eigenvalue weighted by Crippen LogP contribution is -2.10. The third-order valence-electron chi connectivity index (χ3n) is 1.46. The van der Waals surface area contributed by atoms with Crippen LogP contribution in [0.15, 0.2) is 22.7 Å². The van der Waals surface area contributed by atoms with Gasteiger partial charge in [0.15, 0.2) is 0 Å². The molecule has 3 heteroatoms. The summed E-state index contributed by atoms with van der Waals surface area (Å²) in [6.45, 7) is 0. The van der Waals surface area contributed by atoms with Gasteiger partial charge in [-0.15, -0.1) is 0 Å². The maximum Gasteiger partial charge on any atom is 0.217 e. The maximum atomic E-state index is 9.19. The highest BCUT2D eigenvalue weighted by atomic mass is 79.9. The first-order valence-electron chi connectivity index (χ1n) is 2.67. The van der Waals surface area contributed by atoms with Crippen LogP contribution in [-0.4, -0.2) is 17.0 Å². The summed E-state index contributed by atoms with van der Waals surface area (Å²) in [5.74, 6) is -0.961. The van der Waals surface area contributed by atoms with Crippen molar-refractivity contribution in [3.8, 4) is 0 Å². The highest BCUT2D eigenvalue weighted by Crippen LogP contribution is 2.40. The fourth-order valence-corrected chi connectivity index (χ4v) is 1.23. The van der Waals surface area contributed by atoms with Gasteiger partial charge in [0.2, 0.25) is 5.79 Å². The number of halogens is 1. The molecule has 0 amide bonds. The zero-order valence-corrected chi connectivity index (χ0v) is 6.13. The molecule has 0 aromatic carbocycles. The van der Waals surface area contributed by atoms with Gasteiger partial charge in [0.05, 0.1) is 0 Å². The summed E-state index contributed by atoms with van der Waals surface area (Å²) in [6.07, 6.45) is 5.14. The van der Waals surface area contributed by atoms with Crippen molar-refractivity contribution < 1.29 is 9.84 Å². The Labute approximate surface area is 60.9 Å². The minimum Gasteiger partial charge on any atom is -0.360 e. The fraction of sp³-hybridized carbons (Fsp3) is 0.333. The van der Waals surface area contributed by atoms with Crippen molar-refractivity contribution in [3.05, 3.63) is 22.7 Å². The van der Waals surface area contributed by atoms with Crippen molar-refractivity contribution in [3.63, 3.8) is 0 Å². The SMILES string of the molecule is OC12C=CC(Br)=CC1O2. The van der Waals surface area contributed by atoms with Crippen LogP contribution >= 0.6 is 15.9 Å². The molecule has 0 aromatic heterocycles. The van der Waals surface area contributed by atoms with Crippen molar-refractivity contribution in [2.45, 2.75) is 11.9 Å². The second-order valence-corrected chi connectivity index (χ2v) is 3.09. The predicted molar refractivity (Wildman–Crippen MR) is 36.0 cm³/mol. The molecule has 9 heavy (non-hydrogen) atoms. The third kappa shape index (κ3) is 0.764. The molecule has 1 aliphatic carbocycles. The van der Waals surface area contributed by atoms with E-state index in [1.54, 1.807) is 12.2 Å². The average Bonchev–Trinajstić information content (AvgIpc) is 2.41. The molecule has 2 aliphatic rings. The van der Waals surface area contributed by atoms with E-state index in [0.717, 1.165) is 4.48 Å². The molecule has 0 radical (unpaired) electrons. The van der Waals surface area contributed by atoms with E-state index >= 15 is 0 Å². The van der Waals surface area contributed by atoms with Gasteiger partial charge in [-0.05, 0) is 18.2 Å². The van der Waals surface area contributed by atoms with Crippen molar-refractivity contribution in [2.24, 2.45) is 0 Å². The molecule has 2 atom stereocenters. The van der Waals surface area contributed by atoms with Gasteiger partial charge < -0.3 is 9.84 Å².